The van der Waals surface area contributed by atoms with Crippen LogP contribution in [0, 0.1) is 0 Å². The predicted molar refractivity (Wildman–Crippen MR) is 68.1 cm³/mol. The molecule has 0 saturated heterocycles. The molecule has 0 aliphatic rings. The van der Waals surface area contributed by atoms with Crippen molar-refractivity contribution in [2.24, 2.45) is 0 Å². The molecule has 0 bridgehead atoms. The average molecular weight is 318 g/mol. The monoisotopic (exact) mass is 317 g/mol. The van der Waals surface area contributed by atoms with E-state index in [4.69, 9.17) is 11.6 Å². The largest absolute Gasteiger partial charge is 0.573 e. The third-order valence-electron chi connectivity index (χ3n) is 2.18. The number of hydrogen-bond donors (Lipinski definition) is 1. The van der Waals surface area contributed by atoms with Gasteiger partial charge in [0.2, 0.25) is 0 Å². The van der Waals surface area contributed by atoms with Crippen LogP contribution in [0.5, 0.6) is 5.75 Å². The van der Waals surface area contributed by atoms with Crippen LogP contribution in [-0.2, 0) is 0 Å². The number of rotatable bonds is 3. The second-order valence-electron chi connectivity index (χ2n) is 3.75. The summed E-state index contributed by atoms with van der Waals surface area (Å²) >= 11 is 5.60. The minimum Gasteiger partial charge on any atom is -0.406 e. The molecule has 2 rings (SSSR count). The number of carbonyl (C=O) groups excluding carboxylic acids is 1. The van der Waals surface area contributed by atoms with Gasteiger partial charge in [0, 0.05) is 5.69 Å². The number of benzene rings is 1. The number of aromatic nitrogens is 2. The molecule has 0 saturated carbocycles. The van der Waals surface area contributed by atoms with Crippen molar-refractivity contribution in [3.05, 3.63) is 47.5 Å². The van der Waals surface area contributed by atoms with Crippen molar-refractivity contribution in [1.82, 2.24) is 9.97 Å². The summed E-state index contributed by atoms with van der Waals surface area (Å²) in [4.78, 5) is 19.3. The molecule has 9 heteroatoms. The molecule has 0 unspecified atom stereocenters. The second kappa shape index (κ2) is 5.96. The van der Waals surface area contributed by atoms with Crippen molar-refractivity contribution >= 4 is 23.2 Å². The quantitative estimate of drug-likeness (QED) is 0.943. The lowest BCUT2D eigenvalue weighted by atomic mass is 10.3. The molecular formula is C12H7ClF3N3O2. The van der Waals surface area contributed by atoms with E-state index in [1.807, 2.05) is 0 Å². The zero-order valence-corrected chi connectivity index (χ0v) is 10.9. The molecule has 0 spiro atoms. The van der Waals surface area contributed by atoms with Crippen molar-refractivity contribution in [3.8, 4) is 5.75 Å². The lowest BCUT2D eigenvalue weighted by Gasteiger charge is -2.09. The van der Waals surface area contributed by atoms with Crippen LogP contribution in [0.3, 0.4) is 0 Å². The van der Waals surface area contributed by atoms with Gasteiger partial charge in [0.05, 0.1) is 12.4 Å². The lowest BCUT2D eigenvalue weighted by molar-refractivity contribution is -0.274. The molecule has 5 nitrogen and oxygen atoms in total. The molecule has 21 heavy (non-hydrogen) atoms. The van der Waals surface area contributed by atoms with Crippen molar-refractivity contribution < 1.29 is 22.7 Å². The Balaban J connectivity index is 2.05. The van der Waals surface area contributed by atoms with E-state index in [9.17, 15) is 18.0 Å². The molecule has 0 radical (unpaired) electrons. The summed E-state index contributed by atoms with van der Waals surface area (Å²) in [6.45, 7) is 0. The summed E-state index contributed by atoms with van der Waals surface area (Å²) < 4.78 is 39.7. The molecule has 0 aliphatic carbocycles. The summed E-state index contributed by atoms with van der Waals surface area (Å²) in [5.41, 5.74) is 0.259. The van der Waals surface area contributed by atoms with Crippen LogP contribution in [0.15, 0.2) is 36.7 Å². The zero-order chi connectivity index (χ0) is 15.5. The summed E-state index contributed by atoms with van der Waals surface area (Å²) in [6, 6.07) is 4.67. The molecule has 0 fully saturated rings. The number of carbonyl (C=O) groups is 1. The maximum atomic E-state index is 12.0. The van der Waals surface area contributed by atoms with Gasteiger partial charge in [-0.3, -0.25) is 9.78 Å². The topological polar surface area (TPSA) is 64.1 Å². The molecule has 1 heterocycles. The van der Waals surface area contributed by atoms with Gasteiger partial charge in [0.1, 0.15) is 16.6 Å². The van der Waals surface area contributed by atoms with Crippen LogP contribution in [0.4, 0.5) is 18.9 Å². The first-order chi connectivity index (χ1) is 9.83. The second-order valence-corrected chi connectivity index (χ2v) is 4.14. The van der Waals surface area contributed by atoms with Crippen LogP contribution >= 0.6 is 11.6 Å². The summed E-state index contributed by atoms with van der Waals surface area (Å²) in [7, 11) is 0. The first-order valence-electron chi connectivity index (χ1n) is 5.48. The number of nitrogens with zero attached hydrogens (tertiary/aromatic N) is 2. The molecule has 1 aromatic carbocycles. The molecule has 1 amide bonds. The van der Waals surface area contributed by atoms with E-state index in [2.05, 4.69) is 20.0 Å². The highest BCUT2D eigenvalue weighted by molar-refractivity contribution is 6.29. The molecule has 2 aromatic rings. The molecule has 0 atom stereocenters. The summed E-state index contributed by atoms with van der Waals surface area (Å²) in [6.07, 6.45) is -2.29. The number of nitrogens with one attached hydrogen (secondary N) is 1. The number of alkyl halides is 3. The van der Waals surface area contributed by atoms with E-state index in [1.54, 1.807) is 0 Å². The Morgan fingerprint density at radius 1 is 1.19 bits per heavy atom. The van der Waals surface area contributed by atoms with Crippen LogP contribution in [0.1, 0.15) is 10.5 Å². The maximum absolute atomic E-state index is 12.0. The molecule has 0 aliphatic heterocycles. The van der Waals surface area contributed by atoms with Gasteiger partial charge in [-0.15, -0.1) is 13.2 Å². The highest BCUT2D eigenvalue weighted by atomic mass is 35.5. The molecule has 110 valence electrons. The number of hydrogen-bond acceptors (Lipinski definition) is 4. The van der Waals surface area contributed by atoms with Gasteiger partial charge in [0.25, 0.3) is 5.91 Å². The van der Waals surface area contributed by atoms with Crippen molar-refractivity contribution in [3.63, 3.8) is 0 Å². The Kier molecular flexibility index (Phi) is 4.27. The van der Waals surface area contributed by atoms with E-state index < -0.39 is 12.3 Å². The van der Waals surface area contributed by atoms with E-state index >= 15 is 0 Å². The minimum absolute atomic E-state index is 0.0156. The van der Waals surface area contributed by atoms with Gasteiger partial charge < -0.3 is 10.1 Å². The van der Waals surface area contributed by atoms with Crippen LogP contribution in [0.2, 0.25) is 5.15 Å². The van der Waals surface area contributed by atoms with Gasteiger partial charge in [-0.05, 0) is 24.3 Å². The van der Waals surface area contributed by atoms with E-state index in [-0.39, 0.29) is 22.3 Å². The third-order valence-corrected chi connectivity index (χ3v) is 2.37. The molecular weight excluding hydrogens is 311 g/mol. The van der Waals surface area contributed by atoms with Crippen molar-refractivity contribution in [2.75, 3.05) is 5.32 Å². The Hall–Kier alpha value is -2.35. The molecule has 1 aromatic heterocycles. The van der Waals surface area contributed by atoms with Crippen LogP contribution in [-0.4, -0.2) is 22.2 Å². The zero-order valence-electron chi connectivity index (χ0n) is 10.2. The number of ether oxygens (including phenoxy) is 1. The van der Waals surface area contributed by atoms with E-state index in [1.165, 1.54) is 24.5 Å². The lowest BCUT2D eigenvalue weighted by Crippen LogP contribution is -2.17. The summed E-state index contributed by atoms with van der Waals surface area (Å²) in [5.74, 6) is -0.975. The van der Waals surface area contributed by atoms with Gasteiger partial charge in [0.15, 0.2) is 0 Å². The first-order valence-corrected chi connectivity index (χ1v) is 5.86. The average Bonchev–Trinajstić information content (AvgIpc) is 2.39. The van der Waals surface area contributed by atoms with Crippen LogP contribution in [0.25, 0.3) is 0 Å². The maximum Gasteiger partial charge on any atom is 0.573 e. The number of halogens is 4. The van der Waals surface area contributed by atoms with Gasteiger partial charge in [-0.2, -0.15) is 0 Å². The fraction of sp³-hybridized carbons (Fsp3) is 0.0833. The normalized spacial score (nSPS) is 11.0. The predicted octanol–water partition coefficient (Wildman–Crippen LogP) is 3.28. The fourth-order valence-electron chi connectivity index (χ4n) is 1.39. The van der Waals surface area contributed by atoms with E-state index in [0.717, 1.165) is 12.1 Å². The Bertz CT molecular complexity index is 647. The third kappa shape index (κ3) is 4.60. The highest BCUT2D eigenvalue weighted by Crippen LogP contribution is 2.24. The standard InChI is InChI=1S/C12H7ClF3N3O2/c13-10-6-17-5-9(19-10)11(20)18-7-1-3-8(4-2-7)21-12(14,15)16/h1-6H,(H,18,20). The SMILES string of the molecule is O=C(Nc1ccc(OC(F)(F)F)cc1)c1cncc(Cl)n1. The van der Waals surface area contributed by atoms with Crippen LogP contribution < -0.4 is 10.1 Å². The van der Waals surface area contributed by atoms with E-state index in [0.29, 0.717) is 0 Å². The first kappa shape index (κ1) is 15.0. The van der Waals surface area contributed by atoms with Gasteiger partial charge >= 0.3 is 6.36 Å². The summed E-state index contributed by atoms with van der Waals surface area (Å²) in [5, 5.41) is 2.49. The van der Waals surface area contributed by atoms with Gasteiger partial charge in [-0.25, -0.2) is 4.98 Å². The Labute approximate surface area is 121 Å². The number of anilines is 1. The minimum atomic E-state index is -4.76. The Morgan fingerprint density at radius 2 is 1.86 bits per heavy atom. The highest BCUT2D eigenvalue weighted by Gasteiger charge is 2.30. The Morgan fingerprint density at radius 3 is 2.43 bits per heavy atom. The van der Waals surface area contributed by atoms with Crippen molar-refractivity contribution in [1.29, 1.82) is 0 Å². The molecule has 1 N–H and O–H groups in total. The van der Waals surface area contributed by atoms with Crippen molar-refractivity contribution in [2.45, 2.75) is 6.36 Å². The smallest absolute Gasteiger partial charge is 0.406 e. The number of amides is 1. The van der Waals surface area contributed by atoms with Gasteiger partial charge in [-0.1, -0.05) is 11.6 Å². The fourth-order valence-corrected chi connectivity index (χ4v) is 1.53.